The molecule has 10 nitrogen and oxygen atoms in total. The number of pyridine rings is 1. The van der Waals surface area contributed by atoms with E-state index in [1.165, 1.54) is 0 Å². The van der Waals surface area contributed by atoms with Crippen LogP contribution in [0, 0.1) is 0 Å². The molecule has 0 unspecified atom stereocenters. The maximum Gasteiger partial charge on any atom is 0.257 e. The number of aromatic nitrogens is 3. The van der Waals surface area contributed by atoms with E-state index in [9.17, 15) is 4.79 Å². The number of halogens is 1. The molecule has 0 bridgehead atoms. The zero-order valence-corrected chi connectivity index (χ0v) is 21.9. The van der Waals surface area contributed by atoms with Gasteiger partial charge >= 0.3 is 0 Å². The zero-order chi connectivity index (χ0) is 25.6. The van der Waals surface area contributed by atoms with Crippen LogP contribution in [0.1, 0.15) is 12.8 Å². The molecule has 1 amide bonds. The van der Waals surface area contributed by atoms with E-state index < -0.39 is 0 Å². The fraction of sp³-hybridized carbons (Fsp3) is 0.500. The van der Waals surface area contributed by atoms with Crippen molar-refractivity contribution in [3.63, 3.8) is 0 Å². The number of carbonyl (C=O) groups is 1. The zero-order valence-electron chi connectivity index (χ0n) is 21.1. The quantitative estimate of drug-likeness (QED) is 0.390. The number of anilines is 1. The van der Waals surface area contributed by atoms with E-state index in [-0.39, 0.29) is 12.5 Å². The summed E-state index contributed by atoms with van der Waals surface area (Å²) in [5.41, 5.74) is 3.13. The number of hydrogen-bond acceptors (Lipinski definition) is 8. The highest BCUT2D eigenvalue weighted by atomic mass is 35.5. The van der Waals surface area contributed by atoms with E-state index in [0.29, 0.717) is 34.8 Å². The van der Waals surface area contributed by atoms with Crippen LogP contribution >= 0.6 is 11.6 Å². The van der Waals surface area contributed by atoms with Gasteiger partial charge in [-0.25, -0.2) is 9.97 Å². The first kappa shape index (κ1) is 25.7. The Labute approximate surface area is 221 Å². The van der Waals surface area contributed by atoms with Crippen LogP contribution in [0.4, 0.5) is 5.69 Å². The normalized spacial score (nSPS) is 17.7. The summed E-state index contributed by atoms with van der Waals surface area (Å²) in [5.74, 6) is 1.18. The summed E-state index contributed by atoms with van der Waals surface area (Å²) in [6.07, 6.45) is 3.77. The molecule has 2 fully saturated rings. The topological polar surface area (TPSA) is 108 Å². The molecule has 2 aliphatic rings. The second-order valence-corrected chi connectivity index (χ2v) is 10.0. The number of rotatable bonds is 9. The molecule has 0 radical (unpaired) electrons. The first-order chi connectivity index (χ1) is 18.0. The van der Waals surface area contributed by atoms with E-state index in [1.807, 2.05) is 24.3 Å². The van der Waals surface area contributed by atoms with Gasteiger partial charge in [0.1, 0.15) is 17.1 Å². The van der Waals surface area contributed by atoms with Crippen molar-refractivity contribution in [2.45, 2.75) is 18.9 Å². The third kappa shape index (κ3) is 6.70. The minimum atomic E-state index is -0.137. The highest BCUT2D eigenvalue weighted by molar-refractivity contribution is 6.34. The number of nitrogens with zero attached hydrogens (tertiary/aromatic N) is 4. The summed E-state index contributed by atoms with van der Waals surface area (Å²) in [7, 11) is 2.15. The second kappa shape index (κ2) is 12.1. The molecule has 37 heavy (non-hydrogen) atoms. The van der Waals surface area contributed by atoms with Crippen molar-refractivity contribution >= 4 is 34.4 Å². The molecule has 2 aliphatic heterocycles. The second-order valence-electron chi connectivity index (χ2n) is 9.60. The third-order valence-electron chi connectivity index (χ3n) is 6.89. The van der Waals surface area contributed by atoms with Crippen molar-refractivity contribution < 1.29 is 14.3 Å². The average Bonchev–Trinajstić information content (AvgIpc) is 3.36. The smallest absolute Gasteiger partial charge is 0.257 e. The first-order valence-corrected chi connectivity index (χ1v) is 13.2. The minimum absolute atomic E-state index is 0.0263. The molecule has 1 aromatic carbocycles. The molecule has 198 valence electrons. The largest absolute Gasteiger partial charge is 0.484 e. The van der Waals surface area contributed by atoms with Gasteiger partial charge < -0.3 is 30.0 Å². The van der Waals surface area contributed by atoms with Gasteiger partial charge in [-0.3, -0.25) is 9.69 Å². The SMILES string of the molecule is CN1CCC(Nc2c(Cl)cnc3[nH]c(-c4ccc(OCC(=O)NCCN5CCOCC5)cc4)nc23)CC1. The Morgan fingerprint density at radius 2 is 1.95 bits per heavy atom. The van der Waals surface area contributed by atoms with Crippen molar-refractivity contribution in [1.29, 1.82) is 0 Å². The van der Waals surface area contributed by atoms with Crippen molar-refractivity contribution in [2.75, 3.05) is 71.5 Å². The Morgan fingerprint density at radius 1 is 1.19 bits per heavy atom. The lowest BCUT2D eigenvalue weighted by Gasteiger charge is -2.30. The molecule has 0 aliphatic carbocycles. The molecule has 5 rings (SSSR count). The van der Waals surface area contributed by atoms with Crippen LogP contribution in [-0.2, 0) is 9.53 Å². The van der Waals surface area contributed by atoms with Crippen LogP contribution in [0.3, 0.4) is 0 Å². The average molecular weight is 528 g/mol. The maximum atomic E-state index is 12.1. The number of H-pyrrole nitrogens is 1. The van der Waals surface area contributed by atoms with Crippen molar-refractivity contribution in [3.8, 4) is 17.1 Å². The summed E-state index contributed by atoms with van der Waals surface area (Å²) >= 11 is 6.51. The number of likely N-dealkylation sites (tertiary alicyclic amines) is 1. The van der Waals surface area contributed by atoms with E-state index >= 15 is 0 Å². The number of morpholine rings is 1. The molecule has 4 heterocycles. The molecule has 2 aromatic heterocycles. The van der Waals surface area contributed by atoms with E-state index in [2.05, 4.69) is 37.4 Å². The molecule has 0 saturated carbocycles. The number of benzene rings is 1. The summed E-state index contributed by atoms with van der Waals surface area (Å²) in [4.78, 5) is 29.3. The number of piperidine rings is 1. The van der Waals surface area contributed by atoms with Crippen LogP contribution in [0.15, 0.2) is 30.5 Å². The first-order valence-electron chi connectivity index (χ1n) is 12.8. The standard InChI is InChI=1S/C26H34ClN7O3/c1-33-9-6-19(7-10-33)30-23-21(27)16-29-26-24(23)31-25(32-26)18-2-4-20(5-3-18)37-17-22(35)28-8-11-34-12-14-36-15-13-34/h2-5,16,19H,6-15,17H2,1H3,(H,28,35)(H2,29,30,31,32). The Hall–Kier alpha value is -2.92. The number of amides is 1. The van der Waals surface area contributed by atoms with E-state index in [1.54, 1.807) is 6.20 Å². The third-order valence-corrected chi connectivity index (χ3v) is 7.17. The minimum Gasteiger partial charge on any atom is -0.484 e. The summed E-state index contributed by atoms with van der Waals surface area (Å²) < 4.78 is 11.0. The molecule has 3 N–H and O–H groups in total. The molecule has 0 atom stereocenters. The summed E-state index contributed by atoms with van der Waals surface area (Å²) in [6.45, 7) is 6.81. The van der Waals surface area contributed by atoms with Gasteiger partial charge in [-0.05, 0) is 57.2 Å². The summed E-state index contributed by atoms with van der Waals surface area (Å²) in [6, 6.07) is 7.85. The van der Waals surface area contributed by atoms with Crippen molar-refractivity contribution in [2.24, 2.45) is 0 Å². The van der Waals surface area contributed by atoms with Crippen LogP contribution in [0.5, 0.6) is 5.75 Å². The van der Waals surface area contributed by atoms with E-state index in [0.717, 1.165) is 75.5 Å². The Bertz CT molecular complexity index is 1190. The number of fused-ring (bicyclic) bond motifs is 1. The molecule has 2 saturated heterocycles. The lowest BCUT2D eigenvalue weighted by atomic mass is 10.1. The van der Waals surface area contributed by atoms with Gasteiger partial charge in [0.2, 0.25) is 0 Å². The molecular formula is C26H34ClN7O3. The van der Waals surface area contributed by atoms with E-state index in [4.69, 9.17) is 26.1 Å². The highest BCUT2D eigenvalue weighted by Gasteiger charge is 2.20. The maximum absolute atomic E-state index is 12.1. The van der Waals surface area contributed by atoms with Gasteiger partial charge in [0.15, 0.2) is 12.3 Å². The van der Waals surface area contributed by atoms with Crippen molar-refractivity contribution in [1.82, 2.24) is 30.1 Å². The van der Waals surface area contributed by atoms with Gasteiger partial charge in [0.05, 0.1) is 30.1 Å². The van der Waals surface area contributed by atoms with Crippen LogP contribution in [0.2, 0.25) is 5.02 Å². The van der Waals surface area contributed by atoms with Gasteiger partial charge in [0, 0.05) is 37.8 Å². The van der Waals surface area contributed by atoms with Crippen molar-refractivity contribution in [3.05, 3.63) is 35.5 Å². The number of aromatic amines is 1. The number of imidazole rings is 1. The number of ether oxygens (including phenoxy) is 2. The number of nitrogens with one attached hydrogen (secondary N) is 3. The molecule has 11 heteroatoms. The van der Waals surface area contributed by atoms with Gasteiger partial charge in [0.25, 0.3) is 5.91 Å². The lowest BCUT2D eigenvalue weighted by molar-refractivity contribution is -0.123. The Kier molecular flexibility index (Phi) is 8.40. The fourth-order valence-corrected chi connectivity index (χ4v) is 4.84. The predicted molar refractivity (Wildman–Crippen MR) is 144 cm³/mol. The van der Waals surface area contributed by atoms with Gasteiger partial charge in [-0.1, -0.05) is 11.6 Å². The number of hydrogen-bond donors (Lipinski definition) is 3. The summed E-state index contributed by atoms with van der Waals surface area (Å²) in [5, 5.41) is 7.07. The van der Waals surface area contributed by atoms with Gasteiger partial charge in [-0.2, -0.15) is 0 Å². The Morgan fingerprint density at radius 3 is 2.70 bits per heavy atom. The van der Waals surface area contributed by atoms with Crippen LogP contribution in [0.25, 0.3) is 22.6 Å². The monoisotopic (exact) mass is 527 g/mol. The van der Waals surface area contributed by atoms with Crippen LogP contribution < -0.4 is 15.4 Å². The molecule has 0 spiro atoms. The lowest BCUT2D eigenvalue weighted by Crippen LogP contribution is -2.42. The number of carbonyl (C=O) groups excluding carboxylic acids is 1. The predicted octanol–water partition coefficient (Wildman–Crippen LogP) is 2.61. The Balaban J connectivity index is 1.17. The van der Waals surface area contributed by atoms with Crippen LogP contribution in [-0.4, -0.2) is 103 Å². The molecule has 3 aromatic rings. The highest BCUT2D eigenvalue weighted by Crippen LogP contribution is 2.32. The van der Waals surface area contributed by atoms with Gasteiger partial charge in [-0.15, -0.1) is 0 Å². The fourth-order valence-electron chi connectivity index (χ4n) is 4.65. The molecular weight excluding hydrogens is 494 g/mol.